The van der Waals surface area contributed by atoms with Gasteiger partial charge in [0.05, 0.1) is 84.1 Å². The van der Waals surface area contributed by atoms with Gasteiger partial charge in [0, 0.05) is 115 Å². The third-order valence-electron chi connectivity index (χ3n) is 25.1. The largest absolute Gasteiger partial charge is 0.497 e. The van der Waals surface area contributed by atoms with Crippen LogP contribution in [0.5, 0.6) is 23.0 Å². The number of halogens is 2. The first-order chi connectivity index (χ1) is 56.6. The Morgan fingerprint density at radius 2 is 1.40 bits per heavy atom. The number of allylic oxidation sites excluding steroid dienone is 2. The van der Waals surface area contributed by atoms with E-state index < -0.39 is 137 Å². The van der Waals surface area contributed by atoms with Crippen molar-refractivity contribution in [2.45, 2.75) is 222 Å². The predicted octanol–water partition coefficient (Wildman–Crippen LogP) is 12.1. The zero-order valence-corrected chi connectivity index (χ0v) is 71.3. The molecular formula is C88H108F2N10O16S3. The molecule has 3 aromatic carbocycles. The van der Waals surface area contributed by atoms with Gasteiger partial charge in [-0.2, -0.15) is 0 Å². The number of thiazole rings is 1. The molecule has 0 spiro atoms. The number of carbonyl (C=O) groups excluding carboxylic acids is 8. The van der Waals surface area contributed by atoms with E-state index in [0.717, 1.165) is 41.0 Å². The number of nitrogens with zero attached hydrogens (tertiary/aromatic N) is 7. The summed E-state index contributed by atoms with van der Waals surface area (Å²) >= 11 is 1.46. The van der Waals surface area contributed by atoms with Crippen LogP contribution in [0.4, 0.5) is 8.78 Å². The van der Waals surface area contributed by atoms with Gasteiger partial charge in [0.2, 0.25) is 55.5 Å². The van der Waals surface area contributed by atoms with E-state index in [1.54, 1.807) is 14.2 Å². The van der Waals surface area contributed by atoms with Crippen LogP contribution in [0, 0.1) is 41.4 Å². The summed E-state index contributed by atoms with van der Waals surface area (Å²) < 4.78 is 110. The number of methoxy groups -OCH3 is 2. The fourth-order valence-electron chi connectivity index (χ4n) is 17.5. The molecule has 31 heteroatoms. The molecule has 9 aliphatic rings. The van der Waals surface area contributed by atoms with E-state index in [2.05, 4.69) is 35.2 Å². The molecular weight excluding hydrogens is 1590 g/mol. The van der Waals surface area contributed by atoms with Crippen LogP contribution in [-0.2, 0) is 58.4 Å². The molecule has 1 unspecified atom stereocenters. The van der Waals surface area contributed by atoms with E-state index >= 15 is 0 Å². The zero-order valence-electron chi connectivity index (χ0n) is 68.8. The molecule has 119 heavy (non-hydrogen) atoms. The van der Waals surface area contributed by atoms with Crippen molar-refractivity contribution in [2.75, 3.05) is 53.5 Å². The number of aromatic nitrogens is 3. The lowest BCUT2D eigenvalue weighted by Gasteiger charge is -2.36. The Hall–Kier alpha value is -9.49. The van der Waals surface area contributed by atoms with Crippen molar-refractivity contribution >= 4 is 100 Å². The number of sulfonamides is 2. The molecule has 15 rings (SSSR count). The average Bonchev–Trinajstić information content (AvgIpc) is 1.65. The Kier molecular flexibility index (Phi) is 24.9. The highest BCUT2D eigenvalue weighted by Gasteiger charge is 2.64. The Morgan fingerprint density at radius 1 is 0.731 bits per heavy atom. The highest BCUT2D eigenvalue weighted by atomic mass is 32.2. The molecule has 8 heterocycles. The molecule has 3 aromatic heterocycles. The van der Waals surface area contributed by atoms with Gasteiger partial charge in [0.25, 0.3) is 11.8 Å². The number of benzene rings is 3. The zero-order chi connectivity index (χ0) is 84.8. The molecule has 8 fully saturated rings. The Labute approximate surface area is 697 Å². The number of Topliss-reactive ketones (excluding diaryl/α,β-unsaturated/α-hetero) is 1. The molecule has 0 bridgehead atoms. The van der Waals surface area contributed by atoms with Crippen LogP contribution in [0.3, 0.4) is 0 Å². The summed E-state index contributed by atoms with van der Waals surface area (Å²) in [6, 6.07) is 20.3. The molecule has 26 nitrogen and oxygen atoms in total. The third kappa shape index (κ3) is 19.0. The number of hydrogen-bond acceptors (Lipinski definition) is 20. The number of amides is 7. The summed E-state index contributed by atoms with van der Waals surface area (Å²) in [6.45, 7) is 16.4. The summed E-state index contributed by atoms with van der Waals surface area (Å²) in [7, 11) is -4.63. The van der Waals surface area contributed by atoms with E-state index in [9.17, 15) is 64.0 Å². The second-order valence-corrected chi connectivity index (χ2v) is 39.9. The maximum Gasteiger partial charge on any atom is 0.265 e. The summed E-state index contributed by atoms with van der Waals surface area (Å²) in [5, 5.41) is 5.68. The van der Waals surface area contributed by atoms with E-state index in [1.807, 2.05) is 123 Å². The van der Waals surface area contributed by atoms with Crippen molar-refractivity contribution in [3.8, 4) is 45.0 Å². The van der Waals surface area contributed by atoms with Crippen molar-refractivity contribution in [3.63, 3.8) is 0 Å². The van der Waals surface area contributed by atoms with Crippen LogP contribution in [-0.4, -0.2) is 198 Å². The van der Waals surface area contributed by atoms with Crippen LogP contribution in [0.15, 0.2) is 103 Å². The first kappa shape index (κ1) is 85.9. The van der Waals surface area contributed by atoms with Crippen LogP contribution in [0.25, 0.3) is 43.8 Å². The minimum atomic E-state index is -3.90. The minimum absolute atomic E-state index is 0.0140. The SMILES string of the molecule is C=CC1C[C@]1(NC(=O)[C@@H]1C[C@@H](Oc2cc(-c3ccccc3)nc3cc(OC)ccc23)CN1C(=O)[C@@H](CC(=O)N1CCCCC1)C(C)(C)C)C(=O)NS(=O)(=O)C1CC1.COc1ccc2c(O[C@@H]3C[C@H]4C(=O)C[C@]5(C(=O)NS(=O)(=O)C6CC6)C[C@H]5/C=C\CCCC[C@H](CC(=O)N5CCCC(F)(F)C5)C(=O)N4C3)cc(-c3nc(C(C)C)cs3)nc2c1C. The smallest absolute Gasteiger partial charge is 0.265 e. The molecule has 638 valence electrons. The number of likely N-dealkylation sites (tertiary alicyclic amines) is 3. The van der Waals surface area contributed by atoms with Crippen molar-refractivity contribution in [1.82, 2.24) is 49.3 Å². The molecule has 6 aromatic rings. The lowest BCUT2D eigenvalue weighted by molar-refractivity contribution is -0.148. The monoisotopic (exact) mass is 1690 g/mol. The number of rotatable bonds is 23. The maximum atomic E-state index is 14.9. The Morgan fingerprint density at radius 3 is 2.05 bits per heavy atom. The second-order valence-electron chi connectivity index (χ2n) is 35.2. The number of carbonyl (C=O) groups is 8. The maximum absolute atomic E-state index is 14.9. The van der Waals surface area contributed by atoms with Crippen molar-refractivity contribution in [1.29, 1.82) is 0 Å². The van der Waals surface area contributed by atoms with Crippen LogP contribution in [0.1, 0.15) is 180 Å². The van der Waals surface area contributed by atoms with Crippen molar-refractivity contribution < 1.29 is 82.9 Å². The standard InChI is InChI=1S/C45H55F2N5O8S2.C43H53N5O8S/c1-26(2)34-24-61-41(49-34)33-20-38(32-14-15-37(59-4)27(3)40(32)48-33)60-30-19-35-36(53)22-44(43(56)50-62(57,58)31-12-13-31)21-29(44)11-8-6-5-7-10-28(42(55)52(35)23-30)18-39(54)51-17-9-16-45(46,47)25-51;1-6-28-25-43(28,41(52)46-57(53,54)31-16-17-31)45-39(50)36-22-30(26-48(36)40(51)33(42(2,3)4)23-38(49)47-19-11-8-12-20-47)56-37-24-34(27-13-9-7-10-14-27)44-35-21-29(55-5)15-18-32(35)37/h8,11,14-15,20,24,26,28-31,35H,5-7,9-10,12-13,16-19,21-23,25H2,1-4H3,(H,50,56);6-7,9-10,13-15,18,21,24,28,30-31,33,36H,1,8,11-12,16-17,19-20,22-23,25-26H2,2-5H3,(H,45,50)(H,46,52)/b11-8-;/t28-,29-,30-,35+,44-;28?,30-,33-,36+,43-/m11/s1. The Balaban J connectivity index is 0.000000196. The minimum Gasteiger partial charge on any atom is -0.497 e. The normalized spacial score (nSPS) is 25.8. The van der Waals surface area contributed by atoms with Crippen LogP contribution < -0.4 is 33.7 Å². The van der Waals surface area contributed by atoms with Gasteiger partial charge in [-0.3, -0.25) is 47.8 Å². The molecule has 10 atom stereocenters. The highest BCUT2D eigenvalue weighted by molar-refractivity contribution is 7.91. The third-order valence-corrected chi connectivity index (χ3v) is 29.6. The van der Waals surface area contributed by atoms with Gasteiger partial charge in [-0.1, -0.05) is 89.6 Å². The molecule has 7 amide bonds. The predicted molar refractivity (Wildman–Crippen MR) is 445 cm³/mol. The van der Waals surface area contributed by atoms with Gasteiger partial charge >= 0.3 is 0 Å². The van der Waals surface area contributed by atoms with E-state index in [1.165, 1.54) is 27.2 Å². The Bertz CT molecular complexity index is 5200. The fourth-order valence-corrected chi connectivity index (χ4v) is 21.2. The lowest BCUT2D eigenvalue weighted by Crippen LogP contribution is -2.57. The number of pyridine rings is 2. The summed E-state index contributed by atoms with van der Waals surface area (Å²) in [5.74, 6) is -7.12. The number of alkyl halides is 2. The number of nitrogens with one attached hydrogen (secondary N) is 3. The lowest BCUT2D eigenvalue weighted by atomic mass is 9.77. The molecule has 3 N–H and O–H groups in total. The van der Waals surface area contributed by atoms with Gasteiger partial charge in [-0.05, 0) is 132 Å². The number of hydrogen-bond donors (Lipinski definition) is 3. The molecule has 4 aliphatic carbocycles. The summed E-state index contributed by atoms with van der Waals surface area (Å²) in [4.78, 5) is 135. The van der Waals surface area contributed by atoms with E-state index in [4.69, 9.17) is 33.9 Å². The molecule has 4 saturated heterocycles. The number of ether oxygens (including phenoxy) is 4. The van der Waals surface area contributed by atoms with Crippen molar-refractivity contribution in [2.24, 2.45) is 34.5 Å². The van der Waals surface area contributed by atoms with E-state index in [0.29, 0.717) is 126 Å². The van der Waals surface area contributed by atoms with Crippen molar-refractivity contribution in [3.05, 3.63) is 114 Å². The second kappa shape index (κ2) is 34.6. The molecule has 4 saturated carbocycles. The fraction of sp³-hybridized carbons (Fsp3) is 0.557. The van der Waals surface area contributed by atoms with Gasteiger partial charge < -0.3 is 43.9 Å². The van der Waals surface area contributed by atoms with Crippen LogP contribution in [0.2, 0.25) is 0 Å². The van der Waals surface area contributed by atoms with Gasteiger partial charge in [0.1, 0.15) is 57.5 Å². The van der Waals surface area contributed by atoms with Gasteiger partial charge in [-0.25, -0.2) is 40.6 Å². The first-order valence-electron chi connectivity index (χ1n) is 41.7. The topological polar surface area (TPSA) is 329 Å². The van der Waals surface area contributed by atoms with Crippen LogP contribution >= 0.6 is 11.3 Å². The average molecular weight is 1700 g/mol. The number of aryl methyl sites for hydroxylation is 1. The van der Waals surface area contributed by atoms with Gasteiger partial charge in [-0.15, -0.1) is 17.9 Å². The van der Waals surface area contributed by atoms with Gasteiger partial charge in [0.15, 0.2) is 5.78 Å². The van der Waals surface area contributed by atoms with E-state index in [-0.39, 0.29) is 101 Å². The quantitative estimate of drug-likeness (QED) is 0.0502. The summed E-state index contributed by atoms with van der Waals surface area (Å²) in [5.41, 5.74) is 1.59. The number of piperidine rings is 2. The number of ketones is 1. The number of fused-ring (bicyclic) bond motifs is 4. The first-order valence-corrected chi connectivity index (χ1v) is 45.7. The highest BCUT2D eigenvalue weighted by Crippen LogP contribution is 2.58. The summed E-state index contributed by atoms with van der Waals surface area (Å²) in [6.07, 6.45) is 10.7. The molecule has 0 radical (unpaired) electrons. The molecule has 5 aliphatic heterocycles.